The van der Waals surface area contributed by atoms with Gasteiger partial charge in [0.25, 0.3) is 0 Å². The Hall–Kier alpha value is -2.23. The first-order valence-electron chi connectivity index (χ1n) is 6.80. The molecule has 0 spiro atoms. The normalized spacial score (nSPS) is 11.9. The van der Waals surface area contributed by atoms with E-state index in [1.54, 1.807) is 19.2 Å². The zero-order valence-electron chi connectivity index (χ0n) is 12.0. The molecule has 1 aromatic carbocycles. The maximum Gasteiger partial charge on any atom is 0.215 e. The summed E-state index contributed by atoms with van der Waals surface area (Å²) < 4.78 is 5.11. The minimum absolute atomic E-state index is 0.289. The van der Waals surface area contributed by atoms with Crippen molar-refractivity contribution >= 4 is 11.5 Å². The Morgan fingerprint density at radius 2 is 1.95 bits per heavy atom. The molecule has 0 aliphatic rings. The van der Waals surface area contributed by atoms with E-state index in [1.165, 1.54) is 5.56 Å². The number of rotatable bonds is 6. The second-order valence-electron chi connectivity index (χ2n) is 4.86. The second kappa shape index (κ2) is 6.80. The third-order valence-electron chi connectivity index (χ3n) is 3.20. The number of benzene rings is 1. The molecule has 0 amide bonds. The van der Waals surface area contributed by atoms with Crippen LogP contribution in [0.2, 0.25) is 0 Å². The quantitative estimate of drug-likeness (QED) is 0.847. The minimum Gasteiger partial charge on any atom is -0.481 e. The van der Waals surface area contributed by atoms with Crippen LogP contribution in [0.5, 0.6) is 5.88 Å². The number of methoxy groups -OCH3 is 1. The molecule has 0 saturated heterocycles. The van der Waals surface area contributed by atoms with Gasteiger partial charge in [-0.05, 0) is 31.4 Å². The van der Waals surface area contributed by atoms with E-state index in [0.29, 0.717) is 17.4 Å². The Kier molecular flexibility index (Phi) is 4.82. The highest BCUT2D eigenvalue weighted by Crippen LogP contribution is 2.21. The zero-order valence-corrected chi connectivity index (χ0v) is 12.0. The molecule has 4 nitrogen and oxygen atoms in total. The maximum absolute atomic E-state index is 5.92. The highest BCUT2D eigenvalue weighted by Gasteiger charge is 2.08. The first-order chi connectivity index (χ1) is 9.69. The number of nitrogens with one attached hydrogen (secondary N) is 1. The third kappa shape index (κ3) is 3.88. The lowest BCUT2D eigenvalue weighted by Gasteiger charge is -2.16. The van der Waals surface area contributed by atoms with Gasteiger partial charge in [0.1, 0.15) is 0 Å². The summed E-state index contributed by atoms with van der Waals surface area (Å²) >= 11 is 0. The van der Waals surface area contributed by atoms with Crippen molar-refractivity contribution in [3.05, 3.63) is 48.0 Å². The summed E-state index contributed by atoms with van der Waals surface area (Å²) in [5.74, 6) is 1.25. The maximum atomic E-state index is 5.92. The van der Waals surface area contributed by atoms with Gasteiger partial charge in [0.05, 0.1) is 12.8 Å². The number of hydrogen-bond donors (Lipinski definition) is 2. The smallest absolute Gasteiger partial charge is 0.215 e. The standard InChI is InChI=1S/C16H21N3O/c1-12(8-9-13-6-4-3-5-7-13)18-16-14(17)10-11-15(19-16)20-2/h3-7,10-12H,8-9,17H2,1-2H3,(H,18,19). The van der Waals surface area contributed by atoms with E-state index in [-0.39, 0.29) is 6.04 Å². The summed E-state index contributed by atoms with van der Waals surface area (Å²) in [6.45, 7) is 2.13. The number of anilines is 2. The van der Waals surface area contributed by atoms with Gasteiger partial charge in [0.2, 0.25) is 5.88 Å². The predicted octanol–water partition coefficient (Wildman–Crippen LogP) is 3.11. The van der Waals surface area contributed by atoms with Crippen molar-refractivity contribution in [1.29, 1.82) is 0 Å². The molecule has 0 aliphatic carbocycles. The largest absolute Gasteiger partial charge is 0.481 e. The first kappa shape index (κ1) is 14.2. The van der Waals surface area contributed by atoms with E-state index in [0.717, 1.165) is 12.8 Å². The Labute approximate surface area is 120 Å². The Morgan fingerprint density at radius 3 is 2.65 bits per heavy atom. The number of hydrogen-bond acceptors (Lipinski definition) is 4. The molecule has 4 heteroatoms. The molecule has 1 atom stereocenters. The number of aryl methyl sites for hydroxylation is 1. The molecule has 0 aliphatic heterocycles. The molecule has 0 bridgehead atoms. The molecule has 1 aromatic heterocycles. The number of ether oxygens (including phenoxy) is 1. The molecular weight excluding hydrogens is 250 g/mol. The molecule has 3 N–H and O–H groups in total. The van der Waals surface area contributed by atoms with E-state index in [9.17, 15) is 0 Å². The van der Waals surface area contributed by atoms with Crippen LogP contribution in [0.25, 0.3) is 0 Å². The van der Waals surface area contributed by atoms with Crippen molar-refractivity contribution in [1.82, 2.24) is 4.98 Å². The number of nitrogens with zero attached hydrogens (tertiary/aromatic N) is 1. The van der Waals surface area contributed by atoms with Crippen LogP contribution in [0.3, 0.4) is 0 Å². The molecule has 106 valence electrons. The van der Waals surface area contributed by atoms with Crippen molar-refractivity contribution in [2.75, 3.05) is 18.2 Å². The fraction of sp³-hybridized carbons (Fsp3) is 0.312. The predicted molar refractivity (Wildman–Crippen MR) is 83.0 cm³/mol. The van der Waals surface area contributed by atoms with Crippen LogP contribution in [-0.2, 0) is 6.42 Å². The average molecular weight is 271 g/mol. The van der Waals surface area contributed by atoms with Gasteiger partial charge in [0.15, 0.2) is 5.82 Å². The Bertz CT molecular complexity index is 543. The SMILES string of the molecule is COc1ccc(N)c(NC(C)CCc2ccccc2)n1. The summed E-state index contributed by atoms with van der Waals surface area (Å²) in [7, 11) is 1.60. The zero-order chi connectivity index (χ0) is 14.4. The molecule has 2 rings (SSSR count). The molecule has 0 radical (unpaired) electrons. The molecule has 0 fully saturated rings. The number of pyridine rings is 1. The number of nitrogens with two attached hydrogens (primary N) is 1. The van der Waals surface area contributed by atoms with Gasteiger partial charge in [-0.25, -0.2) is 0 Å². The van der Waals surface area contributed by atoms with Gasteiger partial charge < -0.3 is 15.8 Å². The average Bonchev–Trinajstić information content (AvgIpc) is 2.48. The van der Waals surface area contributed by atoms with Crippen molar-refractivity contribution in [3.8, 4) is 5.88 Å². The lowest BCUT2D eigenvalue weighted by molar-refractivity contribution is 0.398. The van der Waals surface area contributed by atoms with Crippen molar-refractivity contribution in [2.24, 2.45) is 0 Å². The summed E-state index contributed by atoms with van der Waals surface area (Å²) in [6.07, 6.45) is 2.04. The molecule has 1 unspecified atom stereocenters. The first-order valence-corrected chi connectivity index (χ1v) is 6.80. The van der Waals surface area contributed by atoms with Gasteiger partial charge in [-0.3, -0.25) is 0 Å². The van der Waals surface area contributed by atoms with Gasteiger partial charge in [0, 0.05) is 12.1 Å². The lowest BCUT2D eigenvalue weighted by Crippen LogP contribution is -2.18. The number of aromatic nitrogens is 1. The highest BCUT2D eigenvalue weighted by atomic mass is 16.5. The van der Waals surface area contributed by atoms with Crippen molar-refractivity contribution in [2.45, 2.75) is 25.8 Å². The molecule has 1 heterocycles. The molecular formula is C16H21N3O. The van der Waals surface area contributed by atoms with Crippen LogP contribution in [-0.4, -0.2) is 18.1 Å². The lowest BCUT2D eigenvalue weighted by atomic mass is 10.1. The summed E-state index contributed by atoms with van der Waals surface area (Å²) in [6, 6.07) is 14.3. The summed E-state index contributed by atoms with van der Waals surface area (Å²) in [5.41, 5.74) is 7.90. The highest BCUT2D eigenvalue weighted by molar-refractivity contribution is 5.62. The fourth-order valence-electron chi connectivity index (χ4n) is 2.01. The van der Waals surface area contributed by atoms with E-state index in [2.05, 4.69) is 41.5 Å². The third-order valence-corrected chi connectivity index (χ3v) is 3.20. The van der Waals surface area contributed by atoms with Crippen LogP contribution < -0.4 is 15.8 Å². The summed E-state index contributed by atoms with van der Waals surface area (Å²) in [4.78, 5) is 4.33. The van der Waals surface area contributed by atoms with Crippen LogP contribution >= 0.6 is 0 Å². The van der Waals surface area contributed by atoms with E-state index >= 15 is 0 Å². The Morgan fingerprint density at radius 1 is 1.20 bits per heavy atom. The monoisotopic (exact) mass is 271 g/mol. The van der Waals surface area contributed by atoms with Gasteiger partial charge in [-0.2, -0.15) is 4.98 Å². The molecule has 0 saturated carbocycles. The minimum atomic E-state index is 0.289. The van der Waals surface area contributed by atoms with Crippen LogP contribution in [0.15, 0.2) is 42.5 Å². The Balaban J connectivity index is 1.92. The van der Waals surface area contributed by atoms with E-state index in [4.69, 9.17) is 10.5 Å². The fourth-order valence-corrected chi connectivity index (χ4v) is 2.01. The van der Waals surface area contributed by atoms with Gasteiger partial charge in [-0.15, -0.1) is 0 Å². The van der Waals surface area contributed by atoms with Crippen LogP contribution in [0.4, 0.5) is 11.5 Å². The second-order valence-corrected chi connectivity index (χ2v) is 4.86. The molecule has 20 heavy (non-hydrogen) atoms. The van der Waals surface area contributed by atoms with E-state index < -0.39 is 0 Å². The topological polar surface area (TPSA) is 60.2 Å². The van der Waals surface area contributed by atoms with Crippen molar-refractivity contribution in [3.63, 3.8) is 0 Å². The summed E-state index contributed by atoms with van der Waals surface area (Å²) in [5, 5.41) is 3.34. The molecule has 2 aromatic rings. The van der Waals surface area contributed by atoms with E-state index in [1.807, 2.05) is 6.07 Å². The van der Waals surface area contributed by atoms with Gasteiger partial charge >= 0.3 is 0 Å². The van der Waals surface area contributed by atoms with Crippen LogP contribution in [0, 0.1) is 0 Å². The number of nitrogen functional groups attached to an aromatic ring is 1. The van der Waals surface area contributed by atoms with Gasteiger partial charge in [-0.1, -0.05) is 30.3 Å². The van der Waals surface area contributed by atoms with Crippen LogP contribution in [0.1, 0.15) is 18.9 Å². The van der Waals surface area contributed by atoms with Crippen molar-refractivity contribution < 1.29 is 4.74 Å².